The first kappa shape index (κ1) is 17.6. The van der Waals surface area contributed by atoms with Crippen molar-refractivity contribution in [3.8, 4) is 0 Å². The molecule has 0 aliphatic carbocycles. The lowest BCUT2D eigenvalue weighted by Gasteiger charge is -2.37. The van der Waals surface area contributed by atoms with Crippen LogP contribution < -0.4 is 0 Å². The third-order valence-corrected chi connectivity index (χ3v) is 3.62. The van der Waals surface area contributed by atoms with Gasteiger partial charge in [-0.15, -0.1) is 6.58 Å². The van der Waals surface area contributed by atoms with E-state index in [2.05, 4.69) is 6.58 Å². The molecule has 3 N–H and O–H groups in total. The van der Waals surface area contributed by atoms with Gasteiger partial charge in [-0.1, -0.05) is 25.3 Å². The van der Waals surface area contributed by atoms with E-state index in [0.717, 1.165) is 25.7 Å². The Bertz CT molecular complexity index is 257. The molecule has 0 aromatic heterocycles. The van der Waals surface area contributed by atoms with Crippen molar-refractivity contribution < 1.29 is 24.8 Å². The molecule has 4 atom stereocenters. The van der Waals surface area contributed by atoms with Crippen molar-refractivity contribution in [3.05, 3.63) is 12.7 Å². The lowest BCUT2D eigenvalue weighted by atomic mass is 10.0. The fourth-order valence-electron chi connectivity index (χ4n) is 2.36. The molecular weight excluding hydrogens is 260 g/mol. The predicted octanol–water partition coefficient (Wildman–Crippen LogP) is 1.01. The van der Waals surface area contributed by atoms with Crippen LogP contribution in [0.5, 0.6) is 0 Å². The zero-order valence-corrected chi connectivity index (χ0v) is 12.1. The van der Waals surface area contributed by atoms with Crippen molar-refractivity contribution in [1.82, 2.24) is 0 Å². The van der Waals surface area contributed by atoms with Crippen LogP contribution in [0.25, 0.3) is 0 Å². The summed E-state index contributed by atoms with van der Waals surface area (Å²) in [6.45, 7) is 4.03. The highest BCUT2D eigenvalue weighted by Crippen LogP contribution is 2.19. The molecule has 5 nitrogen and oxygen atoms in total. The van der Waals surface area contributed by atoms with E-state index in [4.69, 9.17) is 9.47 Å². The van der Waals surface area contributed by atoms with Crippen molar-refractivity contribution in [2.75, 3.05) is 19.8 Å². The highest BCUT2D eigenvalue weighted by atomic mass is 16.6. The van der Waals surface area contributed by atoms with E-state index >= 15 is 0 Å². The van der Waals surface area contributed by atoms with Gasteiger partial charge in [0.2, 0.25) is 0 Å². The molecule has 1 fully saturated rings. The van der Waals surface area contributed by atoms with Crippen LogP contribution >= 0.6 is 0 Å². The average Bonchev–Trinajstić information content (AvgIpc) is 2.46. The molecule has 118 valence electrons. The third kappa shape index (κ3) is 5.89. The lowest BCUT2D eigenvalue weighted by Crippen LogP contribution is -2.55. The van der Waals surface area contributed by atoms with Crippen LogP contribution in [0.4, 0.5) is 0 Å². The first-order chi connectivity index (χ1) is 9.70. The molecule has 0 saturated carbocycles. The van der Waals surface area contributed by atoms with Gasteiger partial charge in [-0.05, 0) is 19.3 Å². The Balaban J connectivity index is 2.13. The van der Waals surface area contributed by atoms with E-state index in [9.17, 15) is 15.3 Å². The van der Waals surface area contributed by atoms with Crippen molar-refractivity contribution in [1.29, 1.82) is 0 Å². The maximum absolute atomic E-state index is 9.86. The average molecular weight is 288 g/mol. The Morgan fingerprint density at radius 1 is 1.15 bits per heavy atom. The summed E-state index contributed by atoms with van der Waals surface area (Å²) >= 11 is 0. The second-order valence-electron chi connectivity index (χ2n) is 5.29. The maximum Gasteiger partial charge on any atom is 0.114 e. The van der Waals surface area contributed by atoms with Crippen LogP contribution in [0.15, 0.2) is 12.7 Å². The second-order valence-corrected chi connectivity index (χ2v) is 5.29. The van der Waals surface area contributed by atoms with Crippen molar-refractivity contribution in [3.63, 3.8) is 0 Å². The predicted molar refractivity (Wildman–Crippen MR) is 76.5 cm³/mol. The molecule has 5 heteroatoms. The van der Waals surface area contributed by atoms with Crippen LogP contribution in [0.3, 0.4) is 0 Å². The number of aliphatic hydroxyl groups is 3. The smallest absolute Gasteiger partial charge is 0.114 e. The summed E-state index contributed by atoms with van der Waals surface area (Å²) in [6.07, 6.45) is 5.38. The number of hydrogen-bond donors (Lipinski definition) is 3. The molecule has 0 bridgehead atoms. The molecule has 1 saturated heterocycles. The van der Waals surface area contributed by atoms with Gasteiger partial charge >= 0.3 is 0 Å². The van der Waals surface area contributed by atoms with Gasteiger partial charge in [-0.3, -0.25) is 0 Å². The van der Waals surface area contributed by atoms with Gasteiger partial charge in [0.15, 0.2) is 0 Å². The summed E-state index contributed by atoms with van der Waals surface area (Å²) in [6, 6.07) is 0. The van der Waals surface area contributed by atoms with Crippen molar-refractivity contribution >= 4 is 0 Å². The quantitative estimate of drug-likeness (QED) is 0.413. The SMILES string of the molecule is C=CCCCCCCCO[C@H]1[C@H](O)[C@@H](O)CO[C@@H]1CO. The number of allylic oxidation sites excluding steroid dienone is 1. The molecule has 1 aliphatic rings. The zero-order chi connectivity index (χ0) is 14.8. The molecule has 0 amide bonds. The summed E-state index contributed by atoms with van der Waals surface area (Å²) in [4.78, 5) is 0. The molecular formula is C15H28O5. The van der Waals surface area contributed by atoms with Crippen LogP contribution in [-0.4, -0.2) is 59.6 Å². The Morgan fingerprint density at radius 3 is 2.55 bits per heavy atom. The highest BCUT2D eigenvalue weighted by molar-refractivity contribution is 4.87. The highest BCUT2D eigenvalue weighted by Gasteiger charge is 2.39. The first-order valence-electron chi connectivity index (χ1n) is 7.51. The third-order valence-electron chi connectivity index (χ3n) is 3.62. The molecule has 0 spiro atoms. The van der Waals surface area contributed by atoms with Crippen LogP contribution in [0.1, 0.15) is 38.5 Å². The van der Waals surface area contributed by atoms with Gasteiger partial charge in [0.05, 0.1) is 13.2 Å². The van der Waals surface area contributed by atoms with Crippen molar-refractivity contribution in [2.24, 2.45) is 0 Å². The number of ether oxygens (including phenoxy) is 2. The molecule has 0 unspecified atom stereocenters. The van der Waals surface area contributed by atoms with E-state index < -0.39 is 24.4 Å². The molecule has 1 aliphatic heterocycles. The van der Waals surface area contributed by atoms with E-state index in [0.29, 0.717) is 6.61 Å². The standard InChI is InChI=1S/C15H28O5/c1-2-3-4-5-6-7-8-9-19-15-13(10-16)20-11-12(17)14(15)18/h2,12-18H,1,3-11H2/t12-,13+,14+,15+/m0/s1. The second kappa shape index (κ2) is 10.3. The number of hydrogen-bond acceptors (Lipinski definition) is 5. The summed E-state index contributed by atoms with van der Waals surface area (Å²) in [5.41, 5.74) is 0. The van der Waals surface area contributed by atoms with Gasteiger partial charge < -0.3 is 24.8 Å². The summed E-state index contributed by atoms with van der Waals surface area (Å²) in [5.74, 6) is 0. The Hall–Kier alpha value is -0.460. The molecule has 1 heterocycles. The normalized spacial score (nSPS) is 30.4. The van der Waals surface area contributed by atoms with Gasteiger partial charge in [0, 0.05) is 6.61 Å². The Morgan fingerprint density at radius 2 is 1.85 bits per heavy atom. The van der Waals surface area contributed by atoms with E-state index in [1.807, 2.05) is 6.08 Å². The van der Waals surface area contributed by atoms with Crippen LogP contribution in [0.2, 0.25) is 0 Å². The van der Waals surface area contributed by atoms with Crippen LogP contribution in [0, 0.1) is 0 Å². The zero-order valence-electron chi connectivity index (χ0n) is 12.1. The van der Waals surface area contributed by atoms with Gasteiger partial charge in [-0.2, -0.15) is 0 Å². The largest absolute Gasteiger partial charge is 0.394 e. The summed E-state index contributed by atoms with van der Waals surface area (Å²) in [5, 5.41) is 28.6. The minimum absolute atomic E-state index is 0.0373. The summed E-state index contributed by atoms with van der Waals surface area (Å²) < 4.78 is 10.8. The van der Waals surface area contributed by atoms with E-state index in [1.165, 1.54) is 12.8 Å². The van der Waals surface area contributed by atoms with Crippen molar-refractivity contribution in [2.45, 2.75) is 62.9 Å². The fraction of sp³-hybridized carbons (Fsp3) is 0.867. The minimum atomic E-state index is -0.992. The van der Waals surface area contributed by atoms with Gasteiger partial charge in [-0.25, -0.2) is 0 Å². The molecule has 0 radical (unpaired) electrons. The molecule has 1 rings (SSSR count). The molecule has 0 aromatic carbocycles. The van der Waals surface area contributed by atoms with E-state index in [-0.39, 0.29) is 13.2 Å². The fourth-order valence-corrected chi connectivity index (χ4v) is 2.36. The number of aliphatic hydroxyl groups excluding tert-OH is 3. The Kier molecular flexibility index (Phi) is 9.05. The molecule has 20 heavy (non-hydrogen) atoms. The van der Waals surface area contributed by atoms with E-state index in [1.54, 1.807) is 0 Å². The van der Waals surface area contributed by atoms with Gasteiger partial charge in [0.1, 0.15) is 24.4 Å². The summed E-state index contributed by atoms with van der Waals surface area (Å²) in [7, 11) is 0. The lowest BCUT2D eigenvalue weighted by molar-refractivity contribution is -0.211. The maximum atomic E-state index is 9.86. The minimum Gasteiger partial charge on any atom is -0.394 e. The number of rotatable bonds is 10. The topological polar surface area (TPSA) is 79.2 Å². The first-order valence-corrected chi connectivity index (χ1v) is 7.51. The molecule has 0 aromatic rings. The number of unbranched alkanes of at least 4 members (excludes halogenated alkanes) is 5. The van der Waals surface area contributed by atoms with Gasteiger partial charge in [0.25, 0.3) is 0 Å². The van der Waals surface area contributed by atoms with Crippen LogP contribution in [-0.2, 0) is 9.47 Å². The Labute approximate surface area is 121 Å². The monoisotopic (exact) mass is 288 g/mol.